The Morgan fingerprint density at radius 2 is 1.76 bits per heavy atom. The smallest absolute Gasteiger partial charge is 0.252 e. The van der Waals surface area contributed by atoms with Crippen molar-refractivity contribution in [2.45, 2.75) is 39.8 Å². The molecule has 2 aromatic rings. The van der Waals surface area contributed by atoms with E-state index in [2.05, 4.69) is 47.6 Å². The van der Waals surface area contributed by atoms with Crippen molar-refractivity contribution in [1.82, 2.24) is 14.9 Å². The number of benzene rings is 1. The summed E-state index contributed by atoms with van der Waals surface area (Å²) in [6.45, 7) is 8.36. The Morgan fingerprint density at radius 1 is 1.08 bits per heavy atom. The topological polar surface area (TPSA) is 50.6 Å². The summed E-state index contributed by atoms with van der Waals surface area (Å²) in [6, 6.07) is 5.53. The third kappa shape index (κ3) is 5.46. The largest absolute Gasteiger partial charge is 0.451 e. The summed E-state index contributed by atoms with van der Waals surface area (Å²) in [4.78, 5) is 14.7. The van der Waals surface area contributed by atoms with E-state index in [0.717, 1.165) is 0 Å². The first-order valence-electron chi connectivity index (χ1n) is 7.75. The summed E-state index contributed by atoms with van der Waals surface area (Å²) in [5.41, 5.74) is 0. The minimum Gasteiger partial charge on any atom is -0.451 e. The lowest BCUT2D eigenvalue weighted by molar-refractivity contribution is 0.301. The summed E-state index contributed by atoms with van der Waals surface area (Å²) in [5, 5.41) is 1.04. The van der Waals surface area contributed by atoms with Crippen LogP contribution in [-0.2, 0) is 0 Å². The molecular weight excluding hydrogens is 383 g/mol. The molecular formula is C17H19Cl3N4O. The van der Waals surface area contributed by atoms with Crippen molar-refractivity contribution in [2.75, 3.05) is 0 Å². The van der Waals surface area contributed by atoms with E-state index in [4.69, 9.17) is 39.5 Å². The summed E-state index contributed by atoms with van der Waals surface area (Å²) < 4.78 is 5.64. The van der Waals surface area contributed by atoms with Gasteiger partial charge in [0.2, 0.25) is 0 Å². The predicted molar refractivity (Wildman–Crippen MR) is 104 cm³/mol. The summed E-state index contributed by atoms with van der Waals surface area (Å²) in [7, 11) is 0. The van der Waals surface area contributed by atoms with E-state index >= 15 is 0 Å². The molecule has 0 atom stereocenters. The standard InChI is InChI=1S/C17H19Cl3N4O/c1-10(2)24(11(3)4)9-22-17-21-8-15(16(20)23-17)25-14-6-5-12(18)7-13(14)19/h5-11H,1-4H3/b22-9+. The Hall–Kier alpha value is -1.56. The van der Waals surface area contributed by atoms with Gasteiger partial charge < -0.3 is 9.64 Å². The molecule has 25 heavy (non-hydrogen) atoms. The molecule has 0 fully saturated rings. The molecule has 1 aromatic carbocycles. The van der Waals surface area contributed by atoms with Crippen molar-refractivity contribution >= 4 is 47.1 Å². The summed E-state index contributed by atoms with van der Waals surface area (Å²) in [5.74, 6) is 0.957. The van der Waals surface area contributed by atoms with Gasteiger partial charge >= 0.3 is 0 Å². The van der Waals surface area contributed by atoms with Crippen LogP contribution in [0.4, 0.5) is 5.95 Å². The number of hydrogen-bond donors (Lipinski definition) is 0. The van der Waals surface area contributed by atoms with Gasteiger partial charge in [-0.2, -0.15) is 4.98 Å². The van der Waals surface area contributed by atoms with Crippen molar-refractivity contribution in [3.05, 3.63) is 39.6 Å². The van der Waals surface area contributed by atoms with Crippen LogP contribution in [-0.4, -0.2) is 33.3 Å². The van der Waals surface area contributed by atoms with Crippen molar-refractivity contribution in [3.8, 4) is 11.5 Å². The molecule has 1 aromatic heterocycles. The van der Waals surface area contributed by atoms with Crippen molar-refractivity contribution in [1.29, 1.82) is 0 Å². The molecule has 134 valence electrons. The number of halogens is 3. The molecule has 0 aliphatic carbocycles. The number of hydrogen-bond acceptors (Lipinski definition) is 4. The average Bonchev–Trinajstić information content (AvgIpc) is 2.51. The number of nitrogens with zero attached hydrogens (tertiary/aromatic N) is 4. The molecule has 0 saturated carbocycles. The van der Waals surface area contributed by atoms with E-state index in [0.29, 0.717) is 27.9 Å². The van der Waals surface area contributed by atoms with E-state index in [9.17, 15) is 0 Å². The second kappa shape index (κ2) is 8.70. The van der Waals surface area contributed by atoms with Gasteiger partial charge in [-0.05, 0) is 45.9 Å². The molecule has 0 radical (unpaired) electrons. The first-order valence-corrected chi connectivity index (χ1v) is 8.88. The van der Waals surface area contributed by atoms with Crippen LogP contribution in [0.15, 0.2) is 29.4 Å². The maximum atomic E-state index is 6.17. The molecule has 2 rings (SSSR count). The lowest BCUT2D eigenvalue weighted by Crippen LogP contribution is -2.35. The highest BCUT2D eigenvalue weighted by Gasteiger charge is 2.12. The highest BCUT2D eigenvalue weighted by Crippen LogP contribution is 2.34. The van der Waals surface area contributed by atoms with E-state index in [1.165, 1.54) is 6.20 Å². The van der Waals surface area contributed by atoms with E-state index < -0.39 is 0 Å². The fourth-order valence-corrected chi connectivity index (χ4v) is 2.74. The molecule has 0 N–H and O–H groups in total. The van der Waals surface area contributed by atoms with Crippen LogP contribution in [0.25, 0.3) is 0 Å². The highest BCUT2D eigenvalue weighted by atomic mass is 35.5. The number of ether oxygens (including phenoxy) is 1. The molecule has 5 nitrogen and oxygen atoms in total. The van der Waals surface area contributed by atoms with Gasteiger partial charge in [0.15, 0.2) is 10.9 Å². The van der Waals surface area contributed by atoms with E-state index in [1.54, 1.807) is 24.5 Å². The molecule has 8 heteroatoms. The maximum absolute atomic E-state index is 6.17. The second-order valence-corrected chi connectivity index (χ2v) is 7.08. The van der Waals surface area contributed by atoms with Gasteiger partial charge in [0.05, 0.1) is 17.6 Å². The van der Waals surface area contributed by atoms with Crippen molar-refractivity contribution in [3.63, 3.8) is 0 Å². The molecule has 0 bridgehead atoms. The molecule has 0 amide bonds. The Morgan fingerprint density at radius 3 is 2.32 bits per heavy atom. The molecule has 0 saturated heterocycles. The van der Waals surface area contributed by atoms with Crippen molar-refractivity contribution < 1.29 is 4.74 Å². The average molecular weight is 402 g/mol. The third-order valence-electron chi connectivity index (χ3n) is 3.31. The monoisotopic (exact) mass is 400 g/mol. The van der Waals surface area contributed by atoms with Gasteiger partial charge in [0, 0.05) is 17.1 Å². The van der Waals surface area contributed by atoms with Crippen LogP contribution in [0.3, 0.4) is 0 Å². The van der Waals surface area contributed by atoms with Crippen LogP contribution in [0.5, 0.6) is 11.5 Å². The SMILES string of the molecule is CC(C)N(/C=N/c1ncc(Oc2ccc(Cl)cc2Cl)c(Cl)n1)C(C)C. The van der Waals surface area contributed by atoms with Crippen LogP contribution < -0.4 is 4.74 Å². The van der Waals surface area contributed by atoms with Crippen LogP contribution in [0, 0.1) is 0 Å². The Bertz CT molecular complexity index is 758. The van der Waals surface area contributed by atoms with Gasteiger partial charge in [-0.3, -0.25) is 0 Å². The highest BCUT2D eigenvalue weighted by molar-refractivity contribution is 6.35. The van der Waals surface area contributed by atoms with Crippen LogP contribution in [0.2, 0.25) is 15.2 Å². The van der Waals surface area contributed by atoms with Crippen LogP contribution in [0.1, 0.15) is 27.7 Å². The molecule has 0 aliphatic heterocycles. The predicted octanol–water partition coefficient (Wildman–Crippen LogP) is 6.01. The molecule has 1 heterocycles. The van der Waals surface area contributed by atoms with Gasteiger partial charge in [-0.1, -0.05) is 34.8 Å². The first kappa shape index (κ1) is 19.8. The zero-order valence-electron chi connectivity index (χ0n) is 14.4. The zero-order chi connectivity index (χ0) is 18.6. The quantitative estimate of drug-likeness (QED) is 0.338. The number of aliphatic imine (C=N–C) groups is 1. The maximum Gasteiger partial charge on any atom is 0.252 e. The summed E-state index contributed by atoms with van der Waals surface area (Å²) >= 11 is 18.1. The molecule has 0 aliphatic rings. The normalized spacial score (nSPS) is 11.6. The van der Waals surface area contributed by atoms with Gasteiger partial charge in [0.1, 0.15) is 5.75 Å². The number of rotatable bonds is 6. The lowest BCUT2D eigenvalue weighted by Gasteiger charge is -2.27. The van der Waals surface area contributed by atoms with Gasteiger partial charge in [-0.25, -0.2) is 9.98 Å². The zero-order valence-corrected chi connectivity index (χ0v) is 16.6. The minimum absolute atomic E-state index is 0.147. The number of aromatic nitrogens is 2. The van der Waals surface area contributed by atoms with E-state index in [1.807, 2.05) is 0 Å². The minimum atomic E-state index is 0.147. The Labute approximate surface area is 162 Å². The van der Waals surface area contributed by atoms with Crippen LogP contribution >= 0.6 is 34.8 Å². The van der Waals surface area contributed by atoms with Gasteiger partial charge in [-0.15, -0.1) is 0 Å². The fourth-order valence-electron chi connectivity index (χ4n) is 2.13. The Balaban J connectivity index is 2.17. The fraction of sp³-hybridized carbons (Fsp3) is 0.353. The summed E-state index contributed by atoms with van der Waals surface area (Å²) in [6.07, 6.45) is 3.18. The first-order chi connectivity index (χ1) is 11.8. The second-order valence-electron chi connectivity index (χ2n) is 5.88. The third-order valence-corrected chi connectivity index (χ3v) is 4.11. The molecule has 0 spiro atoms. The lowest BCUT2D eigenvalue weighted by atomic mass is 10.2. The van der Waals surface area contributed by atoms with Crippen molar-refractivity contribution in [2.24, 2.45) is 4.99 Å². The van der Waals surface area contributed by atoms with Gasteiger partial charge in [0.25, 0.3) is 5.95 Å². The molecule has 0 unspecified atom stereocenters. The van der Waals surface area contributed by atoms with E-state index in [-0.39, 0.29) is 16.9 Å². The Kier molecular flexibility index (Phi) is 6.87.